The van der Waals surface area contributed by atoms with Gasteiger partial charge in [0, 0.05) is 79.8 Å². The molecule has 76 heavy (non-hydrogen) atoms. The molecular weight excluding hydrogens is 1000 g/mol. The average Bonchev–Trinajstić information content (AvgIpc) is 3.98. The molecule has 0 aliphatic carbocycles. The quantitative estimate of drug-likeness (QED) is 0.0455. The van der Waals surface area contributed by atoms with E-state index in [9.17, 15) is 46.2 Å². The number of piperazine rings is 1. The van der Waals surface area contributed by atoms with Gasteiger partial charge in [-0.05, 0) is 74.1 Å². The Hall–Kier alpha value is -6.87. The van der Waals surface area contributed by atoms with E-state index in [1.165, 1.54) is 24.5 Å². The van der Waals surface area contributed by atoms with E-state index in [1.807, 2.05) is 17.4 Å². The number of aliphatic hydroxyl groups excluding tert-OH is 1. The van der Waals surface area contributed by atoms with Crippen molar-refractivity contribution in [2.75, 3.05) is 51.9 Å². The number of halogens is 5. The van der Waals surface area contributed by atoms with Gasteiger partial charge in [-0.15, -0.1) is 0 Å². The van der Waals surface area contributed by atoms with Crippen LogP contribution in [0.1, 0.15) is 76.3 Å². The lowest BCUT2D eigenvalue weighted by atomic mass is 9.82. The van der Waals surface area contributed by atoms with Gasteiger partial charge in [0.05, 0.1) is 50.1 Å². The van der Waals surface area contributed by atoms with Crippen molar-refractivity contribution in [3.8, 4) is 23.0 Å². The van der Waals surface area contributed by atoms with Crippen LogP contribution in [0.3, 0.4) is 0 Å². The maximum absolute atomic E-state index is 14.6. The Balaban J connectivity index is 1.13. The number of hydrogen-bond donors (Lipinski definition) is 5. The molecule has 410 valence electrons. The number of carbonyl (C=O) groups is 4. The van der Waals surface area contributed by atoms with Crippen molar-refractivity contribution in [1.29, 1.82) is 0 Å². The number of nitrogens with zero attached hydrogens (tertiary/aromatic N) is 6. The highest BCUT2D eigenvalue weighted by atomic mass is 19.4. The predicted octanol–water partition coefficient (Wildman–Crippen LogP) is 5.80. The molecule has 3 saturated heterocycles. The second-order valence-electron chi connectivity index (χ2n) is 20.9. The van der Waals surface area contributed by atoms with Gasteiger partial charge in [-0.25, -0.2) is 24.3 Å². The van der Waals surface area contributed by atoms with Crippen LogP contribution in [0.25, 0.3) is 11.1 Å². The van der Waals surface area contributed by atoms with Gasteiger partial charge in [-0.3, -0.25) is 19.9 Å². The summed E-state index contributed by atoms with van der Waals surface area (Å²) in [6.45, 7) is 6.34. The van der Waals surface area contributed by atoms with E-state index >= 15 is 0 Å². The van der Waals surface area contributed by atoms with E-state index in [0.717, 1.165) is 65.9 Å². The van der Waals surface area contributed by atoms with Gasteiger partial charge in [-0.2, -0.15) is 27.1 Å². The van der Waals surface area contributed by atoms with Crippen LogP contribution in [0, 0.1) is 22.7 Å². The lowest BCUT2D eigenvalue weighted by Crippen LogP contribution is -2.62. The van der Waals surface area contributed by atoms with Gasteiger partial charge in [-0.1, -0.05) is 69.0 Å². The molecule has 3 fully saturated rings. The zero-order valence-electron chi connectivity index (χ0n) is 43.4. The zero-order valence-corrected chi connectivity index (χ0v) is 43.4. The number of aromatic nitrogens is 3. The largest absolute Gasteiger partial charge is 0.453 e. The second kappa shape index (κ2) is 24.0. The number of alkyl halides is 5. The zero-order chi connectivity index (χ0) is 55.1. The third kappa shape index (κ3) is 13.9. The standard InChI is InChI=1S/C53H65F5N10O8/c1-51(2,3)45(76-49(72)59-6)47(71)64-66(25-35-14-17-36(18-15-35)37-24-61-67(26-37)48(54)55)29-42(69)41(62-46(70)44(63-50(73)74-7)52(4,5)53(56,57)58)22-33-11-8-32(9-12-33)10-13-34-16-21-43(60-23-34)65-27-38-19-20-39(28-65)68(38)40-30-75-31-40/h8-9,11-12,14-18,21,23-24,26,38-42,44-45,48,69H,19-20,22,25,27-31H2,1-7H3,(H,59,72)(H,62,70)(H,63,73)(H,64,71)/t38-,39-,41-,42-,44+,45+/m0/s1. The fourth-order valence-electron chi connectivity index (χ4n) is 9.47. The summed E-state index contributed by atoms with van der Waals surface area (Å²) in [6, 6.07) is 15.0. The molecule has 2 aromatic carbocycles. The smallest absolute Gasteiger partial charge is 0.407 e. The summed E-state index contributed by atoms with van der Waals surface area (Å²) in [5, 5.41) is 24.0. The molecule has 2 bridgehead atoms. The van der Waals surface area contributed by atoms with Crippen LogP contribution in [-0.2, 0) is 36.8 Å². The maximum Gasteiger partial charge on any atom is 0.407 e. The third-order valence-corrected chi connectivity index (χ3v) is 14.0. The second-order valence-corrected chi connectivity index (χ2v) is 20.9. The highest BCUT2D eigenvalue weighted by Gasteiger charge is 2.56. The minimum absolute atomic E-state index is 0.148. The number of hydrazine groups is 1. The summed E-state index contributed by atoms with van der Waals surface area (Å²) < 4.78 is 86.3. The SMILES string of the molecule is CNC(=O)O[C@H](C(=O)NN(Cc1ccc(-c2cnn(C(F)F)c2)cc1)C[C@H](O)[C@H](Cc1ccc(C#Cc2ccc(N3C[C@@H]4CC[C@@H](C3)N4C3COC3)nc2)cc1)NC(=O)[C@@H](NC(=O)OC)C(C)(C)C(F)(F)F)C(C)(C)C. The number of amides is 4. The fourth-order valence-corrected chi connectivity index (χ4v) is 9.47. The molecule has 23 heteroatoms. The number of anilines is 1. The Kier molecular flexibility index (Phi) is 17.9. The molecule has 5 N–H and O–H groups in total. The minimum atomic E-state index is -5.01. The first-order valence-corrected chi connectivity index (χ1v) is 24.9. The molecule has 4 aromatic rings. The monoisotopic (exact) mass is 1060 g/mol. The molecule has 3 aliphatic heterocycles. The molecule has 2 aromatic heterocycles. The summed E-state index contributed by atoms with van der Waals surface area (Å²) in [5.74, 6) is 5.04. The van der Waals surface area contributed by atoms with Crippen LogP contribution in [0.5, 0.6) is 0 Å². The van der Waals surface area contributed by atoms with Crippen molar-refractivity contribution in [2.24, 2.45) is 10.8 Å². The molecule has 18 nitrogen and oxygen atoms in total. The van der Waals surface area contributed by atoms with Crippen molar-refractivity contribution >= 4 is 29.8 Å². The predicted molar refractivity (Wildman–Crippen MR) is 269 cm³/mol. The Labute approximate surface area is 438 Å². The highest BCUT2D eigenvalue weighted by molar-refractivity contribution is 5.87. The third-order valence-electron chi connectivity index (χ3n) is 14.0. The minimum Gasteiger partial charge on any atom is -0.453 e. The van der Waals surface area contributed by atoms with E-state index in [-0.39, 0.29) is 13.0 Å². The summed E-state index contributed by atoms with van der Waals surface area (Å²) in [6.07, 6.45) is -3.98. The van der Waals surface area contributed by atoms with Crippen LogP contribution in [0.4, 0.5) is 37.4 Å². The van der Waals surface area contributed by atoms with E-state index in [4.69, 9.17) is 14.5 Å². The number of ether oxygens (including phenoxy) is 3. The van der Waals surface area contributed by atoms with Crippen molar-refractivity contribution in [3.05, 3.63) is 102 Å². The molecule has 6 atom stereocenters. The molecular formula is C53H65F5N10O8. The average molecular weight is 1070 g/mol. The number of methoxy groups -OCH3 is 1. The van der Waals surface area contributed by atoms with E-state index < -0.39 is 78.4 Å². The van der Waals surface area contributed by atoms with Crippen LogP contribution in [0.15, 0.2) is 79.3 Å². The normalized spacial score (nSPS) is 18.6. The van der Waals surface area contributed by atoms with Crippen molar-refractivity contribution < 1.29 is 60.4 Å². The summed E-state index contributed by atoms with van der Waals surface area (Å²) >= 11 is 0. The van der Waals surface area contributed by atoms with Crippen LogP contribution < -0.4 is 26.3 Å². The van der Waals surface area contributed by atoms with Gasteiger partial charge in [0.15, 0.2) is 6.10 Å². The maximum atomic E-state index is 14.6. The van der Waals surface area contributed by atoms with Gasteiger partial charge < -0.3 is 40.2 Å². The van der Waals surface area contributed by atoms with Gasteiger partial charge in [0.25, 0.3) is 5.91 Å². The number of rotatable bonds is 18. The Morgan fingerprint density at radius 1 is 0.829 bits per heavy atom. The number of pyridine rings is 1. The molecule has 7 rings (SSSR count). The molecule has 0 unspecified atom stereocenters. The number of aliphatic hydroxyl groups is 1. The number of carbonyl (C=O) groups excluding carboxylic acids is 4. The molecule has 4 amide bonds. The number of hydrogen-bond acceptors (Lipinski definition) is 13. The summed E-state index contributed by atoms with van der Waals surface area (Å²) in [7, 11) is 2.24. The first kappa shape index (κ1) is 56.8. The van der Waals surface area contributed by atoms with Gasteiger partial charge >= 0.3 is 24.9 Å². The Bertz CT molecular complexity index is 2690. The number of fused-ring (bicyclic) bond motifs is 2. The number of nitrogens with one attached hydrogen (secondary N) is 4. The Morgan fingerprint density at radius 2 is 1.46 bits per heavy atom. The summed E-state index contributed by atoms with van der Waals surface area (Å²) in [4.78, 5) is 62.7. The van der Waals surface area contributed by atoms with Crippen molar-refractivity contribution in [1.82, 2.24) is 46.0 Å². The van der Waals surface area contributed by atoms with E-state index in [2.05, 4.69) is 47.5 Å². The molecule has 0 radical (unpaired) electrons. The molecule has 3 aliphatic rings. The van der Waals surface area contributed by atoms with Crippen LogP contribution in [0.2, 0.25) is 0 Å². The van der Waals surface area contributed by atoms with Gasteiger partial charge in [0.1, 0.15) is 11.9 Å². The van der Waals surface area contributed by atoms with E-state index in [0.29, 0.717) is 56.2 Å². The Morgan fingerprint density at radius 3 is 2.00 bits per heavy atom. The topological polar surface area (TPSA) is 205 Å². The fraction of sp³-hybridized carbons (Fsp3) is 0.509. The van der Waals surface area contributed by atoms with Crippen molar-refractivity contribution in [3.63, 3.8) is 0 Å². The first-order chi connectivity index (χ1) is 35.9. The number of alkyl carbamates (subject to hydrolysis) is 2. The lowest BCUT2D eigenvalue weighted by Gasteiger charge is -2.47. The van der Waals surface area contributed by atoms with E-state index in [1.54, 1.807) is 75.5 Å². The van der Waals surface area contributed by atoms with Crippen LogP contribution in [-0.4, -0.2) is 149 Å². The first-order valence-electron chi connectivity index (χ1n) is 24.9. The lowest BCUT2D eigenvalue weighted by molar-refractivity contribution is -0.220. The van der Waals surface area contributed by atoms with Gasteiger partial charge in [0.2, 0.25) is 5.91 Å². The number of benzene rings is 2. The summed E-state index contributed by atoms with van der Waals surface area (Å²) in [5.41, 5.74) is 2.15. The molecule has 0 saturated carbocycles. The molecule has 0 spiro atoms. The van der Waals surface area contributed by atoms with Crippen molar-refractivity contribution in [2.45, 2.75) is 116 Å². The molecule has 5 heterocycles. The highest BCUT2D eigenvalue weighted by Crippen LogP contribution is 2.41. The van der Waals surface area contributed by atoms with Crippen LogP contribution >= 0.6 is 0 Å².